The maximum Gasteiger partial charge on any atom is 0.416 e. The Bertz CT molecular complexity index is 338. The monoisotopic (exact) mass is 233 g/mol. The minimum absolute atomic E-state index is 0.173. The fourth-order valence-electron chi connectivity index (χ4n) is 1.31. The van der Waals surface area contributed by atoms with E-state index in [1.165, 1.54) is 12.1 Å². The number of ether oxygens (including phenoxy) is 1. The van der Waals surface area contributed by atoms with Crippen molar-refractivity contribution >= 4 is 0 Å². The molecule has 0 fully saturated rings. The maximum atomic E-state index is 12.4. The molecule has 0 amide bonds. The highest BCUT2D eigenvalue weighted by Gasteiger charge is 2.30. The van der Waals surface area contributed by atoms with Crippen molar-refractivity contribution in [2.24, 2.45) is 0 Å². The Balaban J connectivity index is 2.75. The predicted octanol–water partition coefficient (Wildman–Crippen LogP) is 2.69. The second-order valence-electron chi connectivity index (χ2n) is 3.51. The van der Waals surface area contributed by atoms with Crippen LogP contribution < -0.4 is 10.1 Å². The molecule has 1 atom stereocenters. The van der Waals surface area contributed by atoms with E-state index >= 15 is 0 Å². The number of likely N-dealkylation sites (N-methyl/N-ethyl adjacent to an activating group) is 1. The van der Waals surface area contributed by atoms with Gasteiger partial charge in [-0.2, -0.15) is 13.2 Å². The molecule has 0 bridgehead atoms. The Hall–Kier alpha value is -1.23. The molecule has 5 heteroatoms. The zero-order valence-electron chi connectivity index (χ0n) is 9.14. The fraction of sp³-hybridized carbons (Fsp3) is 0.455. The van der Waals surface area contributed by atoms with Crippen LogP contribution in [0.3, 0.4) is 0 Å². The van der Waals surface area contributed by atoms with Crippen molar-refractivity contribution in [2.45, 2.75) is 19.2 Å². The molecule has 16 heavy (non-hydrogen) atoms. The van der Waals surface area contributed by atoms with Gasteiger partial charge in [-0.05, 0) is 32.2 Å². The van der Waals surface area contributed by atoms with Crippen LogP contribution in [0.5, 0.6) is 5.75 Å². The molecule has 90 valence electrons. The second kappa shape index (κ2) is 5.21. The standard InChI is InChI=1S/C11H14F3NO/c1-8(7-15-2)16-10-5-3-4-9(6-10)11(12,13)14/h3-6,8,15H,7H2,1-2H3. The topological polar surface area (TPSA) is 21.3 Å². The Labute approximate surface area is 92.4 Å². The molecule has 1 rings (SSSR count). The molecule has 0 aliphatic heterocycles. The van der Waals surface area contributed by atoms with Gasteiger partial charge in [-0.25, -0.2) is 0 Å². The molecule has 0 aromatic heterocycles. The Morgan fingerprint density at radius 2 is 2.06 bits per heavy atom. The summed E-state index contributed by atoms with van der Waals surface area (Å²) in [6, 6.07) is 4.88. The smallest absolute Gasteiger partial charge is 0.416 e. The molecular formula is C11H14F3NO. The van der Waals surface area contributed by atoms with Gasteiger partial charge in [-0.1, -0.05) is 6.07 Å². The van der Waals surface area contributed by atoms with Crippen LogP contribution in [0, 0.1) is 0 Å². The third-order valence-corrected chi connectivity index (χ3v) is 1.99. The summed E-state index contributed by atoms with van der Waals surface area (Å²) < 4.78 is 42.5. The SMILES string of the molecule is CNCC(C)Oc1cccc(C(F)(F)F)c1. The number of halogens is 3. The van der Waals surface area contributed by atoms with Crippen molar-refractivity contribution in [2.75, 3.05) is 13.6 Å². The van der Waals surface area contributed by atoms with Crippen LogP contribution in [0.2, 0.25) is 0 Å². The first-order valence-electron chi connectivity index (χ1n) is 4.92. The lowest BCUT2D eigenvalue weighted by atomic mass is 10.2. The van der Waals surface area contributed by atoms with Gasteiger partial charge >= 0.3 is 6.18 Å². The molecule has 1 N–H and O–H groups in total. The van der Waals surface area contributed by atoms with E-state index < -0.39 is 11.7 Å². The molecule has 2 nitrogen and oxygen atoms in total. The fourth-order valence-corrected chi connectivity index (χ4v) is 1.31. The molecule has 0 radical (unpaired) electrons. The highest BCUT2D eigenvalue weighted by Crippen LogP contribution is 2.31. The molecule has 0 saturated carbocycles. The first-order chi connectivity index (χ1) is 7.43. The third-order valence-electron chi connectivity index (χ3n) is 1.99. The van der Waals surface area contributed by atoms with Gasteiger partial charge in [0.05, 0.1) is 5.56 Å². The van der Waals surface area contributed by atoms with E-state index in [9.17, 15) is 13.2 Å². The van der Waals surface area contributed by atoms with Crippen molar-refractivity contribution in [3.8, 4) is 5.75 Å². The Morgan fingerprint density at radius 3 is 2.62 bits per heavy atom. The summed E-state index contributed by atoms with van der Waals surface area (Å²) in [6.45, 7) is 2.37. The van der Waals surface area contributed by atoms with Crippen LogP contribution in [0.25, 0.3) is 0 Å². The number of rotatable bonds is 4. The zero-order valence-corrected chi connectivity index (χ0v) is 9.14. The van der Waals surface area contributed by atoms with Crippen LogP contribution >= 0.6 is 0 Å². The molecule has 1 aromatic rings. The maximum absolute atomic E-state index is 12.4. The van der Waals surface area contributed by atoms with E-state index in [1.807, 2.05) is 0 Å². The Kier molecular flexibility index (Phi) is 4.18. The van der Waals surface area contributed by atoms with Crippen molar-refractivity contribution in [3.05, 3.63) is 29.8 Å². The van der Waals surface area contributed by atoms with Crippen LogP contribution in [0.4, 0.5) is 13.2 Å². The van der Waals surface area contributed by atoms with Gasteiger partial charge < -0.3 is 10.1 Å². The lowest BCUT2D eigenvalue weighted by Crippen LogP contribution is -2.26. The quantitative estimate of drug-likeness (QED) is 0.863. The lowest BCUT2D eigenvalue weighted by molar-refractivity contribution is -0.137. The number of nitrogens with one attached hydrogen (secondary N) is 1. The van der Waals surface area contributed by atoms with Crippen molar-refractivity contribution in [1.82, 2.24) is 5.32 Å². The molecular weight excluding hydrogens is 219 g/mol. The number of hydrogen-bond acceptors (Lipinski definition) is 2. The zero-order chi connectivity index (χ0) is 12.2. The van der Waals surface area contributed by atoms with Gasteiger partial charge in [0, 0.05) is 6.54 Å². The second-order valence-corrected chi connectivity index (χ2v) is 3.51. The minimum atomic E-state index is -4.33. The van der Waals surface area contributed by atoms with E-state index in [0.29, 0.717) is 6.54 Å². The number of alkyl halides is 3. The van der Waals surface area contributed by atoms with Gasteiger partial charge in [0.15, 0.2) is 0 Å². The highest BCUT2D eigenvalue weighted by atomic mass is 19.4. The molecule has 0 heterocycles. The molecule has 0 saturated heterocycles. The Morgan fingerprint density at radius 1 is 1.38 bits per heavy atom. The van der Waals surface area contributed by atoms with Gasteiger partial charge in [0.25, 0.3) is 0 Å². The molecule has 0 aliphatic carbocycles. The molecule has 0 spiro atoms. The van der Waals surface area contributed by atoms with E-state index in [4.69, 9.17) is 4.74 Å². The van der Waals surface area contributed by atoms with E-state index in [1.54, 1.807) is 14.0 Å². The average molecular weight is 233 g/mol. The van der Waals surface area contributed by atoms with Crippen molar-refractivity contribution in [1.29, 1.82) is 0 Å². The van der Waals surface area contributed by atoms with Crippen LogP contribution in [-0.2, 0) is 6.18 Å². The van der Waals surface area contributed by atoms with Gasteiger partial charge in [0.1, 0.15) is 11.9 Å². The summed E-state index contributed by atoms with van der Waals surface area (Å²) in [4.78, 5) is 0. The predicted molar refractivity (Wildman–Crippen MR) is 55.5 cm³/mol. The van der Waals surface area contributed by atoms with Crippen LogP contribution in [0.15, 0.2) is 24.3 Å². The first-order valence-corrected chi connectivity index (χ1v) is 4.92. The lowest BCUT2D eigenvalue weighted by Gasteiger charge is -2.15. The average Bonchev–Trinajstić information content (AvgIpc) is 2.17. The van der Waals surface area contributed by atoms with Gasteiger partial charge in [-0.3, -0.25) is 0 Å². The van der Waals surface area contributed by atoms with Crippen LogP contribution in [-0.4, -0.2) is 19.7 Å². The summed E-state index contributed by atoms with van der Waals surface area (Å²) in [5.41, 5.74) is -0.693. The summed E-state index contributed by atoms with van der Waals surface area (Å²) in [6.07, 6.45) is -4.50. The van der Waals surface area contributed by atoms with E-state index in [2.05, 4.69) is 5.32 Å². The molecule has 0 aliphatic rings. The molecule has 1 aromatic carbocycles. The summed E-state index contributed by atoms with van der Waals surface area (Å²) in [7, 11) is 1.76. The number of hydrogen-bond donors (Lipinski definition) is 1. The van der Waals surface area contributed by atoms with Gasteiger partial charge in [-0.15, -0.1) is 0 Å². The van der Waals surface area contributed by atoms with Crippen molar-refractivity contribution < 1.29 is 17.9 Å². The van der Waals surface area contributed by atoms with Crippen molar-refractivity contribution in [3.63, 3.8) is 0 Å². The summed E-state index contributed by atoms with van der Waals surface area (Å²) in [5, 5.41) is 2.89. The van der Waals surface area contributed by atoms with E-state index in [-0.39, 0.29) is 11.9 Å². The van der Waals surface area contributed by atoms with E-state index in [0.717, 1.165) is 12.1 Å². The highest BCUT2D eigenvalue weighted by molar-refractivity contribution is 5.30. The van der Waals surface area contributed by atoms with Gasteiger partial charge in [0.2, 0.25) is 0 Å². The number of benzene rings is 1. The summed E-state index contributed by atoms with van der Waals surface area (Å²) in [5.74, 6) is 0.234. The minimum Gasteiger partial charge on any atom is -0.489 e. The largest absolute Gasteiger partial charge is 0.489 e. The summed E-state index contributed by atoms with van der Waals surface area (Å²) >= 11 is 0. The van der Waals surface area contributed by atoms with Crippen LogP contribution in [0.1, 0.15) is 12.5 Å². The third kappa shape index (κ3) is 3.73. The molecule has 1 unspecified atom stereocenters. The normalized spacial score (nSPS) is 13.6. The first kappa shape index (κ1) is 12.8.